The van der Waals surface area contributed by atoms with E-state index in [9.17, 15) is 9.18 Å². The summed E-state index contributed by atoms with van der Waals surface area (Å²) < 4.78 is 18.8. The van der Waals surface area contributed by atoms with Gasteiger partial charge in [-0.25, -0.2) is 9.18 Å². The number of amides is 1. The zero-order valence-electron chi connectivity index (χ0n) is 11.6. The maximum atomic E-state index is 13.6. The topological polar surface area (TPSA) is 29.5 Å². The van der Waals surface area contributed by atoms with Gasteiger partial charge in [-0.05, 0) is 33.8 Å². The monoisotopic (exact) mass is 253 g/mol. The van der Waals surface area contributed by atoms with E-state index in [2.05, 4.69) is 0 Å². The lowest BCUT2D eigenvalue weighted by Crippen LogP contribution is -2.34. The molecule has 0 aliphatic rings. The normalized spacial score (nSPS) is 11.2. The predicted molar refractivity (Wildman–Crippen MR) is 68.8 cm³/mol. The number of halogens is 1. The molecule has 0 bridgehead atoms. The van der Waals surface area contributed by atoms with Crippen molar-refractivity contribution in [3.63, 3.8) is 0 Å². The highest BCUT2D eigenvalue weighted by atomic mass is 19.1. The molecular formula is C14H20FNO2. The van der Waals surface area contributed by atoms with Crippen LogP contribution in [0.4, 0.5) is 9.18 Å². The van der Waals surface area contributed by atoms with Gasteiger partial charge in [-0.3, -0.25) is 0 Å². The van der Waals surface area contributed by atoms with E-state index in [4.69, 9.17) is 4.74 Å². The third-order valence-electron chi connectivity index (χ3n) is 2.31. The van der Waals surface area contributed by atoms with E-state index in [0.717, 1.165) is 5.56 Å². The second kappa shape index (κ2) is 5.38. The highest BCUT2D eigenvalue weighted by molar-refractivity contribution is 5.67. The van der Waals surface area contributed by atoms with Gasteiger partial charge in [0, 0.05) is 12.6 Å². The van der Waals surface area contributed by atoms with Gasteiger partial charge in [0.05, 0.1) is 6.54 Å². The molecule has 18 heavy (non-hydrogen) atoms. The van der Waals surface area contributed by atoms with Crippen molar-refractivity contribution in [2.75, 3.05) is 7.05 Å². The molecule has 0 unspecified atom stereocenters. The lowest BCUT2D eigenvalue weighted by molar-refractivity contribution is 0.0283. The number of aryl methyl sites for hydroxylation is 1. The highest BCUT2D eigenvalue weighted by Crippen LogP contribution is 2.14. The molecule has 0 heterocycles. The number of carbonyl (C=O) groups is 1. The molecule has 1 rings (SSSR count). The van der Waals surface area contributed by atoms with Crippen LogP contribution < -0.4 is 0 Å². The number of hydrogen-bond acceptors (Lipinski definition) is 2. The molecule has 0 saturated heterocycles. The first kappa shape index (κ1) is 14.5. The first-order chi connectivity index (χ1) is 8.19. The zero-order valence-corrected chi connectivity index (χ0v) is 11.6. The van der Waals surface area contributed by atoms with E-state index in [1.165, 1.54) is 11.0 Å². The second-order valence-electron chi connectivity index (χ2n) is 5.43. The summed E-state index contributed by atoms with van der Waals surface area (Å²) in [6.45, 7) is 7.48. The summed E-state index contributed by atoms with van der Waals surface area (Å²) in [6.07, 6.45) is -0.455. The number of carbonyl (C=O) groups excluding carboxylic acids is 1. The molecule has 1 aromatic carbocycles. The van der Waals surface area contributed by atoms with Crippen molar-refractivity contribution in [2.45, 2.75) is 39.8 Å². The highest BCUT2D eigenvalue weighted by Gasteiger charge is 2.20. The summed E-state index contributed by atoms with van der Waals surface area (Å²) in [7, 11) is 1.59. The van der Waals surface area contributed by atoms with Gasteiger partial charge in [-0.15, -0.1) is 0 Å². The minimum absolute atomic E-state index is 0.197. The predicted octanol–water partition coefficient (Wildman–Crippen LogP) is 3.50. The van der Waals surface area contributed by atoms with Crippen molar-refractivity contribution in [1.29, 1.82) is 0 Å². The average molecular weight is 253 g/mol. The Morgan fingerprint density at radius 1 is 1.39 bits per heavy atom. The van der Waals surface area contributed by atoms with Gasteiger partial charge in [0.2, 0.25) is 0 Å². The van der Waals surface area contributed by atoms with Crippen molar-refractivity contribution in [2.24, 2.45) is 0 Å². The van der Waals surface area contributed by atoms with Crippen molar-refractivity contribution >= 4 is 6.09 Å². The van der Waals surface area contributed by atoms with Gasteiger partial charge in [0.15, 0.2) is 0 Å². The maximum absolute atomic E-state index is 13.6. The van der Waals surface area contributed by atoms with Gasteiger partial charge in [0.1, 0.15) is 11.4 Å². The fourth-order valence-corrected chi connectivity index (χ4v) is 1.48. The van der Waals surface area contributed by atoms with Crippen LogP contribution in [-0.4, -0.2) is 23.6 Å². The summed E-state index contributed by atoms with van der Waals surface area (Å²) in [4.78, 5) is 13.1. The molecule has 0 spiro atoms. The molecule has 0 radical (unpaired) electrons. The molecule has 0 aliphatic heterocycles. The van der Waals surface area contributed by atoms with Gasteiger partial charge in [0.25, 0.3) is 0 Å². The van der Waals surface area contributed by atoms with Gasteiger partial charge in [-0.1, -0.05) is 17.7 Å². The van der Waals surface area contributed by atoms with Crippen molar-refractivity contribution in [3.05, 3.63) is 35.1 Å². The Kier molecular flexibility index (Phi) is 4.33. The summed E-state index contributed by atoms with van der Waals surface area (Å²) in [5.41, 5.74) is 0.906. The third kappa shape index (κ3) is 4.35. The SMILES string of the molecule is Cc1ccc(F)c(CN(C)C(=O)OC(C)(C)C)c1. The number of hydrogen-bond donors (Lipinski definition) is 0. The van der Waals surface area contributed by atoms with Crippen LogP contribution in [0.5, 0.6) is 0 Å². The summed E-state index contributed by atoms with van der Waals surface area (Å²) >= 11 is 0. The molecule has 1 aromatic rings. The second-order valence-corrected chi connectivity index (χ2v) is 5.43. The van der Waals surface area contributed by atoms with Crippen LogP contribution >= 0.6 is 0 Å². The molecule has 0 atom stereocenters. The van der Waals surface area contributed by atoms with Crippen molar-refractivity contribution < 1.29 is 13.9 Å². The Balaban J connectivity index is 2.72. The van der Waals surface area contributed by atoms with E-state index < -0.39 is 11.7 Å². The Labute approximate surface area is 108 Å². The van der Waals surface area contributed by atoms with Gasteiger partial charge in [-0.2, -0.15) is 0 Å². The fraction of sp³-hybridized carbons (Fsp3) is 0.500. The smallest absolute Gasteiger partial charge is 0.410 e. The molecule has 0 fully saturated rings. The first-order valence-electron chi connectivity index (χ1n) is 5.88. The lowest BCUT2D eigenvalue weighted by atomic mass is 10.1. The van der Waals surface area contributed by atoms with Gasteiger partial charge >= 0.3 is 6.09 Å². The Hall–Kier alpha value is -1.58. The standard InChI is InChI=1S/C14H20FNO2/c1-10-6-7-12(15)11(8-10)9-16(5)13(17)18-14(2,3)4/h6-8H,9H2,1-5H3. The summed E-state index contributed by atoms with van der Waals surface area (Å²) in [5, 5.41) is 0. The number of nitrogens with zero attached hydrogens (tertiary/aromatic N) is 1. The number of ether oxygens (including phenoxy) is 1. The minimum Gasteiger partial charge on any atom is -0.444 e. The molecule has 100 valence electrons. The van der Waals surface area contributed by atoms with Crippen LogP contribution in [0.15, 0.2) is 18.2 Å². The molecule has 0 aromatic heterocycles. The maximum Gasteiger partial charge on any atom is 0.410 e. The van der Waals surface area contributed by atoms with Crippen molar-refractivity contribution in [1.82, 2.24) is 4.90 Å². The van der Waals surface area contributed by atoms with Crippen LogP contribution in [0, 0.1) is 12.7 Å². The average Bonchev–Trinajstić information content (AvgIpc) is 2.21. The number of benzene rings is 1. The largest absolute Gasteiger partial charge is 0.444 e. The Bertz CT molecular complexity index is 438. The van der Waals surface area contributed by atoms with Crippen LogP contribution in [0.2, 0.25) is 0 Å². The zero-order chi connectivity index (χ0) is 13.9. The van der Waals surface area contributed by atoms with E-state index in [1.807, 2.05) is 6.92 Å². The van der Waals surface area contributed by atoms with Crippen molar-refractivity contribution in [3.8, 4) is 0 Å². The molecule has 0 N–H and O–H groups in total. The summed E-state index contributed by atoms with van der Waals surface area (Å²) in [6, 6.07) is 4.84. The van der Waals surface area contributed by atoms with Crippen LogP contribution in [0.1, 0.15) is 31.9 Å². The molecule has 0 saturated carbocycles. The summed E-state index contributed by atoms with van der Waals surface area (Å²) in [5.74, 6) is -0.309. The molecule has 3 nitrogen and oxygen atoms in total. The molecular weight excluding hydrogens is 233 g/mol. The van der Waals surface area contributed by atoms with E-state index >= 15 is 0 Å². The van der Waals surface area contributed by atoms with E-state index in [0.29, 0.717) is 5.56 Å². The quantitative estimate of drug-likeness (QED) is 0.807. The Morgan fingerprint density at radius 2 is 2.00 bits per heavy atom. The van der Waals surface area contributed by atoms with E-state index in [1.54, 1.807) is 40.0 Å². The minimum atomic E-state index is -0.545. The Morgan fingerprint density at radius 3 is 2.56 bits per heavy atom. The lowest BCUT2D eigenvalue weighted by Gasteiger charge is -2.24. The van der Waals surface area contributed by atoms with Gasteiger partial charge < -0.3 is 9.64 Å². The van der Waals surface area contributed by atoms with E-state index in [-0.39, 0.29) is 12.4 Å². The first-order valence-corrected chi connectivity index (χ1v) is 5.88. The number of rotatable bonds is 2. The molecule has 4 heteroatoms. The van der Waals surface area contributed by atoms with Crippen LogP contribution in [-0.2, 0) is 11.3 Å². The fourth-order valence-electron chi connectivity index (χ4n) is 1.48. The molecule has 0 aliphatic carbocycles. The van der Waals surface area contributed by atoms with Crippen LogP contribution in [0.3, 0.4) is 0 Å². The third-order valence-corrected chi connectivity index (χ3v) is 2.31. The van der Waals surface area contributed by atoms with Crippen LogP contribution in [0.25, 0.3) is 0 Å². The molecule has 1 amide bonds.